The summed E-state index contributed by atoms with van der Waals surface area (Å²) in [6.07, 6.45) is 3.34. The second-order valence-electron chi connectivity index (χ2n) is 3.88. The lowest BCUT2D eigenvalue weighted by atomic mass is 10.0. The van der Waals surface area contributed by atoms with Crippen molar-refractivity contribution < 1.29 is 4.39 Å². The highest BCUT2D eigenvalue weighted by atomic mass is 19.1. The van der Waals surface area contributed by atoms with Gasteiger partial charge in [0.2, 0.25) is 0 Å². The molecule has 1 aromatic heterocycles. The molecular formula is C13H13FN2. The summed E-state index contributed by atoms with van der Waals surface area (Å²) in [5.41, 5.74) is 9.41. The number of hydrogen-bond acceptors (Lipinski definition) is 2. The van der Waals surface area contributed by atoms with Crippen molar-refractivity contribution in [2.24, 2.45) is 0 Å². The lowest BCUT2D eigenvalue weighted by Crippen LogP contribution is -1.95. The maximum absolute atomic E-state index is 13.8. The Hall–Kier alpha value is -1.90. The van der Waals surface area contributed by atoms with Crippen LogP contribution in [0.25, 0.3) is 11.1 Å². The number of aromatic nitrogens is 1. The Morgan fingerprint density at radius 1 is 1.12 bits per heavy atom. The molecule has 3 heteroatoms. The normalized spacial score (nSPS) is 10.4. The summed E-state index contributed by atoms with van der Waals surface area (Å²) in [4.78, 5) is 4.01. The smallest absolute Gasteiger partial charge is 0.131 e. The molecule has 2 N–H and O–H groups in total. The molecule has 0 spiro atoms. The fourth-order valence-electron chi connectivity index (χ4n) is 1.64. The molecule has 2 aromatic rings. The van der Waals surface area contributed by atoms with Crippen LogP contribution in [0, 0.1) is 19.7 Å². The molecule has 0 bridgehead atoms. The number of nitrogens with zero attached hydrogens (tertiary/aromatic N) is 1. The third-order valence-corrected chi connectivity index (χ3v) is 2.68. The lowest BCUT2D eigenvalue weighted by Gasteiger charge is -2.09. The Balaban J connectivity index is 2.65. The van der Waals surface area contributed by atoms with Crippen molar-refractivity contribution >= 4 is 5.69 Å². The highest BCUT2D eigenvalue weighted by molar-refractivity contribution is 5.71. The highest BCUT2D eigenvalue weighted by Crippen LogP contribution is 2.28. The standard InChI is InChI=1S/C13H13FN2/c1-8-3-4-16-7-11(8)10-6-13(15)9(2)5-12(10)14/h3-7H,15H2,1-2H3. The maximum Gasteiger partial charge on any atom is 0.131 e. The largest absolute Gasteiger partial charge is 0.398 e. The molecule has 0 aliphatic heterocycles. The molecule has 2 nitrogen and oxygen atoms in total. The summed E-state index contributed by atoms with van der Waals surface area (Å²) in [7, 11) is 0. The molecule has 1 heterocycles. The quantitative estimate of drug-likeness (QED) is 0.744. The highest BCUT2D eigenvalue weighted by Gasteiger charge is 2.09. The molecular weight excluding hydrogens is 203 g/mol. The first-order chi connectivity index (χ1) is 7.59. The number of benzene rings is 1. The zero-order valence-electron chi connectivity index (χ0n) is 9.29. The van der Waals surface area contributed by atoms with Crippen LogP contribution in [0.2, 0.25) is 0 Å². The van der Waals surface area contributed by atoms with Crippen LogP contribution in [0.4, 0.5) is 10.1 Å². The van der Waals surface area contributed by atoms with Crippen molar-refractivity contribution in [2.45, 2.75) is 13.8 Å². The van der Waals surface area contributed by atoms with Crippen molar-refractivity contribution in [3.63, 3.8) is 0 Å². The molecule has 1 aromatic carbocycles. The van der Waals surface area contributed by atoms with Gasteiger partial charge in [0, 0.05) is 29.2 Å². The van der Waals surface area contributed by atoms with Crippen LogP contribution < -0.4 is 5.73 Å². The van der Waals surface area contributed by atoms with Crippen LogP contribution in [0.1, 0.15) is 11.1 Å². The van der Waals surface area contributed by atoms with Gasteiger partial charge in [-0.2, -0.15) is 0 Å². The maximum atomic E-state index is 13.8. The fourth-order valence-corrected chi connectivity index (χ4v) is 1.64. The average molecular weight is 216 g/mol. The molecule has 0 radical (unpaired) electrons. The summed E-state index contributed by atoms with van der Waals surface area (Å²) < 4.78 is 13.8. The number of aryl methyl sites for hydroxylation is 2. The number of hydrogen-bond donors (Lipinski definition) is 1. The van der Waals surface area contributed by atoms with Gasteiger partial charge in [-0.1, -0.05) is 0 Å². The van der Waals surface area contributed by atoms with E-state index in [4.69, 9.17) is 5.73 Å². The van der Waals surface area contributed by atoms with Gasteiger partial charge in [-0.05, 0) is 43.2 Å². The molecule has 0 aliphatic rings. The first kappa shape index (κ1) is 10.6. The van der Waals surface area contributed by atoms with Crippen LogP contribution in [0.3, 0.4) is 0 Å². The Kier molecular flexibility index (Phi) is 2.60. The minimum atomic E-state index is -0.261. The summed E-state index contributed by atoms with van der Waals surface area (Å²) >= 11 is 0. The van der Waals surface area contributed by atoms with Gasteiger partial charge in [0.05, 0.1) is 0 Å². The topological polar surface area (TPSA) is 38.9 Å². The number of rotatable bonds is 1. The summed E-state index contributed by atoms with van der Waals surface area (Å²) in [6, 6.07) is 4.97. The van der Waals surface area contributed by atoms with Crippen LogP contribution in [0.15, 0.2) is 30.6 Å². The molecule has 82 valence electrons. The van der Waals surface area contributed by atoms with Crippen LogP contribution >= 0.6 is 0 Å². The monoisotopic (exact) mass is 216 g/mol. The van der Waals surface area contributed by atoms with E-state index in [1.165, 1.54) is 6.07 Å². The van der Waals surface area contributed by atoms with Gasteiger partial charge in [-0.3, -0.25) is 4.98 Å². The zero-order valence-corrected chi connectivity index (χ0v) is 9.29. The summed E-state index contributed by atoms with van der Waals surface area (Å²) in [5, 5.41) is 0. The first-order valence-corrected chi connectivity index (χ1v) is 5.06. The second-order valence-corrected chi connectivity index (χ2v) is 3.88. The fraction of sp³-hybridized carbons (Fsp3) is 0.154. The molecule has 0 unspecified atom stereocenters. The van der Waals surface area contributed by atoms with Gasteiger partial charge in [-0.25, -0.2) is 4.39 Å². The van der Waals surface area contributed by atoms with Crippen molar-refractivity contribution in [1.29, 1.82) is 0 Å². The molecule has 2 rings (SSSR count). The van der Waals surface area contributed by atoms with Crippen LogP contribution in [-0.2, 0) is 0 Å². The summed E-state index contributed by atoms with van der Waals surface area (Å²) in [5.74, 6) is -0.261. The zero-order chi connectivity index (χ0) is 11.7. The molecule has 16 heavy (non-hydrogen) atoms. The van der Waals surface area contributed by atoms with Crippen molar-refractivity contribution in [2.75, 3.05) is 5.73 Å². The number of anilines is 1. The molecule has 0 amide bonds. The van der Waals surface area contributed by atoms with E-state index in [2.05, 4.69) is 4.98 Å². The van der Waals surface area contributed by atoms with E-state index in [9.17, 15) is 4.39 Å². The van der Waals surface area contributed by atoms with E-state index in [0.717, 1.165) is 16.7 Å². The van der Waals surface area contributed by atoms with Crippen LogP contribution in [-0.4, -0.2) is 4.98 Å². The van der Waals surface area contributed by atoms with Crippen molar-refractivity contribution in [1.82, 2.24) is 4.98 Å². The third-order valence-electron chi connectivity index (χ3n) is 2.68. The number of halogens is 1. The predicted molar refractivity (Wildman–Crippen MR) is 63.5 cm³/mol. The van der Waals surface area contributed by atoms with Crippen molar-refractivity contribution in [3.05, 3.63) is 47.5 Å². The predicted octanol–water partition coefficient (Wildman–Crippen LogP) is 3.09. The Labute approximate surface area is 93.9 Å². The van der Waals surface area contributed by atoms with Crippen molar-refractivity contribution in [3.8, 4) is 11.1 Å². The number of pyridine rings is 1. The minimum Gasteiger partial charge on any atom is -0.398 e. The van der Waals surface area contributed by atoms with Gasteiger partial charge < -0.3 is 5.73 Å². The Morgan fingerprint density at radius 3 is 2.56 bits per heavy atom. The lowest BCUT2D eigenvalue weighted by molar-refractivity contribution is 0.630. The summed E-state index contributed by atoms with van der Waals surface area (Å²) in [6.45, 7) is 3.71. The van der Waals surface area contributed by atoms with Gasteiger partial charge in [0.15, 0.2) is 0 Å². The van der Waals surface area contributed by atoms with Gasteiger partial charge in [0.25, 0.3) is 0 Å². The number of nitrogens with two attached hydrogens (primary N) is 1. The SMILES string of the molecule is Cc1cc(F)c(-c2cnccc2C)cc1N. The van der Waals surface area contributed by atoms with Crippen LogP contribution in [0.5, 0.6) is 0 Å². The third kappa shape index (κ3) is 1.76. The first-order valence-electron chi connectivity index (χ1n) is 5.06. The second kappa shape index (κ2) is 3.93. The van der Waals surface area contributed by atoms with E-state index in [-0.39, 0.29) is 5.82 Å². The molecule has 0 atom stereocenters. The minimum absolute atomic E-state index is 0.261. The van der Waals surface area contributed by atoms with E-state index < -0.39 is 0 Å². The average Bonchev–Trinajstić information content (AvgIpc) is 2.25. The Morgan fingerprint density at radius 2 is 1.88 bits per heavy atom. The van der Waals surface area contributed by atoms with E-state index >= 15 is 0 Å². The van der Waals surface area contributed by atoms with Gasteiger partial charge in [0.1, 0.15) is 5.82 Å². The molecule has 0 saturated carbocycles. The molecule has 0 aliphatic carbocycles. The van der Waals surface area contributed by atoms with E-state index in [1.54, 1.807) is 25.4 Å². The van der Waals surface area contributed by atoms with E-state index in [0.29, 0.717) is 11.3 Å². The molecule has 0 fully saturated rings. The number of nitrogen functional groups attached to an aromatic ring is 1. The van der Waals surface area contributed by atoms with E-state index in [1.807, 2.05) is 13.0 Å². The molecule has 0 saturated heterocycles. The Bertz CT molecular complexity index is 535. The van der Waals surface area contributed by atoms with Gasteiger partial charge in [-0.15, -0.1) is 0 Å². The van der Waals surface area contributed by atoms with Gasteiger partial charge >= 0.3 is 0 Å².